The van der Waals surface area contributed by atoms with Crippen LogP contribution in [0.3, 0.4) is 0 Å². The van der Waals surface area contributed by atoms with E-state index in [2.05, 4.69) is 15.5 Å². The SMILES string of the molecule is CCC(=O)N(CCOC)CC(=O)Nc1ccc(N2CCN(C(=O)Nc3cccc(C(F)(F)F)c3)CC2)cc1. The van der Waals surface area contributed by atoms with Gasteiger partial charge in [-0.3, -0.25) is 9.59 Å². The first-order chi connectivity index (χ1) is 18.1. The summed E-state index contributed by atoms with van der Waals surface area (Å²) < 4.78 is 43.8. The van der Waals surface area contributed by atoms with Crippen molar-refractivity contribution in [1.82, 2.24) is 9.80 Å². The molecule has 0 aromatic heterocycles. The van der Waals surface area contributed by atoms with Crippen LogP contribution < -0.4 is 15.5 Å². The Morgan fingerprint density at radius 2 is 1.66 bits per heavy atom. The predicted octanol–water partition coefficient (Wildman–Crippen LogP) is 3.88. The zero-order valence-electron chi connectivity index (χ0n) is 21.4. The maximum Gasteiger partial charge on any atom is 0.416 e. The second kappa shape index (κ2) is 13.1. The van der Waals surface area contributed by atoms with Crippen molar-refractivity contribution in [3.8, 4) is 0 Å². The van der Waals surface area contributed by atoms with Crippen LogP contribution in [0.4, 0.5) is 35.0 Å². The summed E-state index contributed by atoms with van der Waals surface area (Å²) in [6.07, 6.45) is -4.19. The molecule has 1 saturated heterocycles. The molecule has 2 aromatic carbocycles. The van der Waals surface area contributed by atoms with E-state index < -0.39 is 17.8 Å². The molecule has 4 amide bonds. The highest BCUT2D eigenvalue weighted by molar-refractivity contribution is 5.94. The number of carbonyl (C=O) groups is 3. The lowest BCUT2D eigenvalue weighted by molar-refractivity contribution is -0.137. The molecule has 38 heavy (non-hydrogen) atoms. The summed E-state index contributed by atoms with van der Waals surface area (Å²) in [5, 5.41) is 5.33. The highest BCUT2D eigenvalue weighted by Crippen LogP contribution is 2.30. The predicted molar refractivity (Wildman–Crippen MR) is 138 cm³/mol. The monoisotopic (exact) mass is 535 g/mol. The number of urea groups is 1. The first-order valence-electron chi connectivity index (χ1n) is 12.3. The summed E-state index contributed by atoms with van der Waals surface area (Å²) in [7, 11) is 1.53. The van der Waals surface area contributed by atoms with Crippen LogP contribution in [0.5, 0.6) is 0 Å². The highest BCUT2D eigenvalue weighted by Gasteiger charge is 2.31. The van der Waals surface area contributed by atoms with Gasteiger partial charge in [-0.1, -0.05) is 13.0 Å². The van der Waals surface area contributed by atoms with Crippen molar-refractivity contribution in [2.45, 2.75) is 19.5 Å². The van der Waals surface area contributed by atoms with Gasteiger partial charge in [0, 0.05) is 63.3 Å². The largest absolute Gasteiger partial charge is 0.416 e. The van der Waals surface area contributed by atoms with E-state index in [9.17, 15) is 27.6 Å². The van der Waals surface area contributed by atoms with Gasteiger partial charge < -0.3 is 30.1 Å². The molecule has 12 heteroatoms. The van der Waals surface area contributed by atoms with Crippen LogP contribution in [0.2, 0.25) is 0 Å². The molecule has 0 radical (unpaired) electrons. The van der Waals surface area contributed by atoms with Crippen LogP contribution >= 0.6 is 0 Å². The lowest BCUT2D eigenvalue weighted by Gasteiger charge is -2.36. The van der Waals surface area contributed by atoms with Gasteiger partial charge in [0.2, 0.25) is 11.8 Å². The number of piperazine rings is 1. The number of hydrogen-bond acceptors (Lipinski definition) is 5. The molecule has 1 aliphatic heterocycles. The van der Waals surface area contributed by atoms with Gasteiger partial charge >= 0.3 is 12.2 Å². The van der Waals surface area contributed by atoms with Gasteiger partial charge in [0.25, 0.3) is 0 Å². The van der Waals surface area contributed by atoms with Gasteiger partial charge in [-0.05, 0) is 42.5 Å². The third-order valence-electron chi connectivity index (χ3n) is 6.08. The quantitative estimate of drug-likeness (QED) is 0.508. The van der Waals surface area contributed by atoms with Gasteiger partial charge in [0.15, 0.2) is 0 Å². The molecule has 3 rings (SSSR count). The Kier molecular flexibility index (Phi) is 9.94. The minimum Gasteiger partial charge on any atom is -0.383 e. The summed E-state index contributed by atoms with van der Waals surface area (Å²) in [5.41, 5.74) is 0.765. The van der Waals surface area contributed by atoms with Gasteiger partial charge in [-0.15, -0.1) is 0 Å². The van der Waals surface area contributed by atoms with Crippen molar-refractivity contribution in [3.05, 3.63) is 54.1 Å². The fourth-order valence-corrected chi connectivity index (χ4v) is 3.99. The Bertz CT molecular complexity index is 1100. The molecular weight excluding hydrogens is 503 g/mol. The number of methoxy groups -OCH3 is 1. The lowest BCUT2D eigenvalue weighted by Crippen LogP contribution is -2.50. The minimum atomic E-state index is -4.48. The van der Waals surface area contributed by atoms with Crippen molar-refractivity contribution in [1.29, 1.82) is 0 Å². The molecule has 2 N–H and O–H groups in total. The van der Waals surface area contributed by atoms with E-state index in [-0.39, 0.29) is 24.0 Å². The zero-order valence-corrected chi connectivity index (χ0v) is 21.4. The maximum atomic E-state index is 12.9. The molecular formula is C26H32F3N5O4. The molecule has 206 valence electrons. The standard InChI is InChI=1S/C26H32F3N5O4/c1-3-24(36)34(15-16-38-2)18-23(35)30-20-7-9-22(10-8-20)32-11-13-33(14-12-32)25(37)31-21-6-4-5-19(17-21)26(27,28)29/h4-10,17H,3,11-16,18H2,1-2H3,(H,30,35)(H,31,37). The Hall–Kier alpha value is -3.80. The second-order valence-electron chi connectivity index (χ2n) is 8.74. The number of hydrogen-bond donors (Lipinski definition) is 2. The van der Waals surface area contributed by atoms with E-state index in [0.717, 1.165) is 17.8 Å². The van der Waals surface area contributed by atoms with Crippen molar-refractivity contribution in [3.63, 3.8) is 0 Å². The molecule has 1 aliphatic rings. The molecule has 0 spiro atoms. The van der Waals surface area contributed by atoms with Crippen LogP contribution in [0, 0.1) is 0 Å². The minimum absolute atomic E-state index is 0.0672. The summed E-state index contributed by atoms with van der Waals surface area (Å²) in [6.45, 7) is 4.21. The van der Waals surface area contributed by atoms with Crippen LogP contribution in [-0.2, 0) is 20.5 Å². The van der Waals surface area contributed by atoms with Gasteiger partial charge in [-0.25, -0.2) is 4.79 Å². The third kappa shape index (κ3) is 8.10. The van der Waals surface area contributed by atoms with E-state index in [4.69, 9.17) is 4.74 Å². The Balaban J connectivity index is 1.49. The number of ether oxygens (including phenoxy) is 1. The van der Waals surface area contributed by atoms with E-state index in [1.807, 2.05) is 12.1 Å². The maximum absolute atomic E-state index is 12.9. The van der Waals surface area contributed by atoms with Gasteiger partial charge in [-0.2, -0.15) is 13.2 Å². The first kappa shape index (κ1) is 28.8. The topological polar surface area (TPSA) is 94.2 Å². The average molecular weight is 536 g/mol. The smallest absolute Gasteiger partial charge is 0.383 e. The van der Waals surface area contributed by atoms with E-state index in [0.29, 0.717) is 51.4 Å². The van der Waals surface area contributed by atoms with Gasteiger partial charge in [0.1, 0.15) is 0 Å². The summed E-state index contributed by atoms with van der Waals surface area (Å²) in [4.78, 5) is 42.1. The normalized spacial score (nSPS) is 13.7. The number of amides is 4. The van der Waals surface area contributed by atoms with Crippen LogP contribution in [0.1, 0.15) is 18.9 Å². The zero-order chi connectivity index (χ0) is 27.7. The Morgan fingerprint density at radius 3 is 2.26 bits per heavy atom. The van der Waals surface area contributed by atoms with Crippen LogP contribution in [-0.4, -0.2) is 80.6 Å². The van der Waals surface area contributed by atoms with Crippen molar-refractivity contribution in [2.75, 3.05) is 68.5 Å². The fraction of sp³-hybridized carbons (Fsp3) is 0.423. The third-order valence-corrected chi connectivity index (χ3v) is 6.08. The van der Waals surface area contributed by atoms with Gasteiger partial charge in [0.05, 0.1) is 18.7 Å². The number of anilines is 3. The van der Waals surface area contributed by atoms with Crippen LogP contribution in [0.25, 0.3) is 0 Å². The number of alkyl halides is 3. The molecule has 0 bridgehead atoms. The lowest BCUT2D eigenvalue weighted by atomic mass is 10.2. The Morgan fingerprint density at radius 1 is 0.974 bits per heavy atom. The fourth-order valence-electron chi connectivity index (χ4n) is 3.99. The number of nitrogens with one attached hydrogen (secondary N) is 2. The molecule has 0 atom stereocenters. The summed E-state index contributed by atoms with van der Waals surface area (Å²) >= 11 is 0. The number of rotatable bonds is 9. The molecule has 0 unspecified atom stereocenters. The molecule has 1 fully saturated rings. The number of halogens is 3. The second-order valence-corrected chi connectivity index (χ2v) is 8.74. The molecule has 1 heterocycles. The number of nitrogens with zero attached hydrogens (tertiary/aromatic N) is 3. The van der Waals surface area contributed by atoms with Crippen LogP contribution in [0.15, 0.2) is 48.5 Å². The highest BCUT2D eigenvalue weighted by atomic mass is 19.4. The summed E-state index contributed by atoms with van der Waals surface area (Å²) in [6, 6.07) is 11.3. The Labute approximate surface area is 219 Å². The summed E-state index contributed by atoms with van der Waals surface area (Å²) in [5.74, 6) is -0.439. The molecule has 0 saturated carbocycles. The van der Waals surface area contributed by atoms with Crippen molar-refractivity contribution >= 4 is 34.9 Å². The number of benzene rings is 2. The van der Waals surface area contributed by atoms with E-state index in [1.54, 1.807) is 24.0 Å². The first-order valence-corrected chi connectivity index (χ1v) is 12.3. The van der Waals surface area contributed by atoms with E-state index in [1.165, 1.54) is 24.1 Å². The number of carbonyl (C=O) groups excluding carboxylic acids is 3. The molecule has 0 aliphatic carbocycles. The molecule has 2 aromatic rings. The van der Waals surface area contributed by atoms with Crippen molar-refractivity contribution < 1.29 is 32.3 Å². The van der Waals surface area contributed by atoms with E-state index >= 15 is 0 Å². The van der Waals surface area contributed by atoms with Crippen molar-refractivity contribution in [2.24, 2.45) is 0 Å². The molecule has 9 nitrogen and oxygen atoms in total. The average Bonchev–Trinajstić information content (AvgIpc) is 2.90.